The zero-order valence-electron chi connectivity index (χ0n) is 14.6. The largest absolute Gasteiger partial charge is 0.417 e. The number of amides is 1. The van der Waals surface area contributed by atoms with Crippen LogP contribution in [0.25, 0.3) is 0 Å². The van der Waals surface area contributed by atoms with Gasteiger partial charge in [0.1, 0.15) is 5.75 Å². The molecule has 1 amide bonds. The van der Waals surface area contributed by atoms with Gasteiger partial charge < -0.3 is 4.74 Å². The second kappa shape index (κ2) is 7.21. The van der Waals surface area contributed by atoms with Crippen molar-refractivity contribution in [3.63, 3.8) is 0 Å². The number of ether oxygens (including phenoxy) is 1. The normalized spacial score (nSPS) is 10.5. The number of para-hydroxylation sites is 1. The Morgan fingerprint density at radius 1 is 1.08 bits per heavy atom. The Kier molecular flexibility index (Phi) is 4.84. The Labute approximate surface area is 147 Å². The highest BCUT2D eigenvalue weighted by atomic mass is 16.6. The molecule has 1 aromatic heterocycles. The molecular weight excluding hydrogens is 314 g/mol. The van der Waals surface area contributed by atoms with Gasteiger partial charge in [0.2, 0.25) is 0 Å². The van der Waals surface area contributed by atoms with E-state index in [1.165, 1.54) is 11.3 Å². The Balaban J connectivity index is 1.63. The lowest BCUT2D eigenvalue weighted by Crippen LogP contribution is -2.16. The van der Waals surface area contributed by atoms with Crippen molar-refractivity contribution < 1.29 is 9.53 Å². The van der Waals surface area contributed by atoms with Crippen LogP contribution in [-0.4, -0.2) is 15.9 Å². The van der Waals surface area contributed by atoms with E-state index in [0.29, 0.717) is 11.4 Å². The molecule has 128 valence electrons. The zero-order valence-corrected chi connectivity index (χ0v) is 14.6. The van der Waals surface area contributed by atoms with E-state index >= 15 is 0 Å². The van der Waals surface area contributed by atoms with E-state index in [-0.39, 0.29) is 0 Å². The van der Waals surface area contributed by atoms with Gasteiger partial charge in [-0.2, -0.15) is 5.10 Å². The minimum absolute atomic E-state index is 0.502. The second-order valence-corrected chi connectivity index (χ2v) is 5.97. The van der Waals surface area contributed by atoms with Crippen molar-refractivity contribution in [1.82, 2.24) is 9.78 Å². The molecule has 0 saturated carbocycles. The predicted molar refractivity (Wildman–Crippen MR) is 98.0 cm³/mol. The van der Waals surface area contributed by atoms with Gasteiger partial charge in [-0.25, -0.2) is 4.79 Å². The smallest absolute Gasteiger partial charge is 0.410 e. The number of anilines is 1. The first-order chi connectivity index (χ1) is 12.0. The monoisotopic (exact) mass is 335 g/mol. The Morgan fingerprint density at radius 2 is 1.76 bits per heavy atom. The average molecular weight is 335 g/mol. The van der Waals surface area contributed by atoms with Gasteiger partial charge in [-0.15, -0.1) is 0 Å². The van der Waals surface area contributed by atoms with E-state index in [9.17, 15) is 4.79 Å². The minimum atomic E-state index is -0.502. The van der Waals surface area contributed by atoms with Crippen molar-refractivity contribution in [2.24, 2.45) is 7.05 Å². The van der Waals surface area contributed by atoms with Crippen molar-refractivity contribution in [2.45, 2.75) is 20.3 Å². The second-order valence-electron chi connectivity index (χ2n) is 5.97. The van der Waals surface area contributed by atoms with Gasteiger partial charge in [-0.1, -0.05) is 30.3 Å². The predicted octanol–water partition coefficient (Wildman–Crippen LogP) is 4.24. The summed E-state index contributed by atoms with van der Waals surface area (Å²) >= 11 is 0. The summed E-state index contributed by atoms with van der Waals surface area (Å²) in [6.45, 7) is 4.09. The number of rotatable bonds is 4. The molecule has 0 aliphatic heterocycles. The fourth-order valence-electron chi connectivity index (χ4n) is 2.72. The summed E-state index contributed by atoms with van der Waals surface area (Å²) in [4.78, 5) is 11.9. The molecule has 0 aliphatic carbocycles. The molecule has 1 heterocycles. The lowest BCUT2D eigenvalue weighted by molar-refractivity contribution is 0.215. The van der Waals surface area contributed by atoms with Crippen molar-refractivity contribution in [1.29, 1.82) is 0 Å². The average Bonchev–Trinajstić information content (AvgIpc) is 2.83. The number of benzene rings is 2. The van der Waals surface area contributed by atoms with Gasteiger partial charge in [0.15, 0.2) is 0 Å². The first-order valence-corrected chi connectivity index (χ1v) is 8.15. The highest BCUT2D eigenvalue weighted by Gasteiger charge is 2.10. The molecule has 3 rings (SSSR count). The van der Waals surface area contributed by atoms with E-state index in [2.05, 4.69) is 17.3 Å². The molecule has 0 unspecified atom stereocenters. The van der Waals surface area contributed by atoms with Gasteiger partial charge in [0, 0.05) is 30.4 Å². The highest BCUT2D eigenvalue weighted by Crippen LogP contribution is 2.20. The molecule has 0 atom stereocenters. The minimum Gasteiger partial charge on any atom is -0.410 e. The number of aromatic nitrogens is 2. The van der Waals surface area contributed by atoms with Gasteiger partial charge in [0.25, 0.3) is 0 Å². The SMILES string of the molecule is Cc1nn(C)c(C)c1Cc1ccc(OC(=O)Nc2ccccc2)cc1. The lowest BCUT2D eigenvalue weighted by Gasteiger charge is -2.08. The molecule has 0 aliphatic rings. The third kappa shape index (κ3) is 4.07. The van der Waals surface area contributed by atoms with Gasteiger partial charge >= 0.3 is 6.09 Å². The summed E-state index contributed by atoms with van der Waals surface area (Å²) in [6, 6.07) is 16.8. The van der Waals surface area contributed by atoms with Crippen LogP contribution in [0.15, 0.2) is 54.6 Å². The Morgan fingerprint density at radius 3 is 2.36 bits per heavy atom. The molecule has 1 N–H and O–H groups in total. The van der Waals surface area contributed by atoms with E-state index in [0.717, 1.165) is 17.7 Å². The molecule has 0 fully saturated rings. The first-order valence-electron chi connectivity index (χ1n) is 8.15. The Hall–Kier alpha value is -3.08. The molecule has 3 aromatic rings. The summed E-state index contributed by atoms with van der Waals surface area (Å²) in [5.41, 5.74) is 5.29. The number of carbonyl (C=O) groups excluding carboxylic acids is 1. The molecule has 25 heavy (non-hydrogen) atoms. The van der Waals surface area contributed by atoms with E-state index in [4.69, 9.17) is 4.74 Å². The van der Waals surface area contributed by atoms with Crippen molar-refractivity contribution in [2.75, 3.05) is 5.32 Å². The summed E-state index contributed by atoms with van der Waals surface area (Å²) < 4.78 is 7.21. The number of nitrogens with zero attached hydrogens (tertiary/aromatic N) is 2. The van der Waals surface area contributed by atoms with E-state index < -0.39 is 6.09 Å². The molecule has 0 radical (unpaired) electrons. The third-order valence-corrected chi connectivity index (χ3v) is 4.19. The van der Waals surface area contributed by atoms with Gasteiger partial charge in [-0.05, 0) is 43.7 Å². The van der Waals surface area contributed by atoms with Crippen molar-refractivity contribution in [3.8, 4) is 5.75 Å². The van der Waals surface area contributed by atoms with Gasteiger partial charge in [-0.3, -0.25) is 10.00 Å². The van der Waals surface area contributed by atoms with Crippen molar-refractivity contribution in [3.05, 3.63) is 77.1 Å². The van der Waals surface area contributed by atoms with E-state index in [1.54, 1.807) is 12.1 Å². The topological polar surface area (TPSA) is 56.2 Å². The summed E-state index contributed by atoms with van der Waals surface area (Å²) in [7, 11) is 1.95. The van der Waals surface area contributed by atoms with Crippen LogP contribution in [-0.2, 0) is 13.5 Å². The standard InChI is InChI=1S/C20H21N3O2/c1-14-19(15(2)23(3)22-14)13-16-9-11-18(12-10-16)25-20(24)21-17-7-5-4-6-8-17/h4-12H,13H2,1-3H3,(H,21,24). The van der Waals surface area contributed by atoms with Crippen LogP contribution in [0.4, 0.5) is 10.5 Å². The van der Waals surface area contributed by atoms with E-state index in [1.807, 2.05) is 61.1 Å². The van der Waals surface area contributed by atoms with Crippen LogP contribution in [0.2, 0.25) is 0 Å². The maximum absolute atomic E-state index is 11.9. The number of hydrogen-bond acceptors (Lipinski definition) is 3. The van der Waals surface area contributed by atoms with Crippen molar-refractivity contribution >= 4 is 11.8 Å². The fraction of sp³-hybridized carbons (Fsp3) is 0.200. The van der Waals surface area contributed by atoms with Crippen LogP contribution in [0.1, 0.15) is 22.5 Å². The van der Waals surface area contributed by atoms with Crippen LogP contribution in [0.3, 0.4) is 0 Å². The molecular formula is C20H21N3O2. The zero-order chi connectivity index (χ0) is 17.8. The number of nitrogens with one attached hydrogen (secondary N) is 1. The number of carbonyl (C=O) groups is 1. The first kappa shape index (κ1) is 16.8. The summed E-state index contributed by atoms with van der Waals surface area (Å²) in [5, 5.41) is 7.13. The lowest BCUT2D eigenvalue weighted by atomic mass is 10.0. The maximum Gasteiger partial charge on any atom is 0.417 e. The highest BCUT2D eigenvalue weighted by molar-refractivity contribution is 5.86. The summed E-state index contributed by atoms with van der Waals surface area (Å²) in [6.07, 6.45) is 0.306. The maximum atomic E-state index is 11.9. The van der Waals surface area contributed by atoms with Crippen LogP contribution >= 0.6 is 0 Å². The number of aryl methyl sites for hydroxylation is 2. The molecule has 5 nitrogen and oxygen atoms in total. The summed E-state index contributed by atoms with van der Waals surface area (Å²) in [5.74, 6) is 0.511. The number of hydrogen-bond donors (Lipinski definition) is 1. The molecule has 2 aromatic carbocycles. The molecule has 0 saturated heterocycles. The van der Waals surface area contributed by atoms with Gasteiger partial charge in [0.05, 0.1) is 5.69 Å². The molecule has 5 heteroatoms. The Bertz CT molecular complexity index is 868. The quantitative estimate of drug-likeness (QED) is 0.776. The molecule has 0 bridgehead atoms. The molecule has 0 spiro atoms. The third-order valence-electron chi connectivity index (χ3n) is 4.19. The van der Waals surface area contributed by atoms with Crippen LogP contribution < -0.4 is 10.1 Å². The van der Waals surface area contributed by atoms with Crippen LogP contribution in [0.5, 0.6) is 5.75 Å². The van der Waals surface area contributed by atoms with Crippen LogP contribution in [0, 0.1) is 13.8 Å². The fourth-order valence-corrected chi connectivity index (χ4v) is 2.72.